The van der Waals surface area contributed by atoms with Crippen LogP contribution in [0.4, 0.5) is 4.79 Å². The summed E-state index contributed by atoms with van der Waals surface area (Å²) in [6.45, 7) is -2.69. The van der Waals surface area contributed by atoms with Gasteiger partial charge in [-0.1, -0.05) is 0 Å². The Morgan fingerprint density at radius 2 is 1.90 bits per heavy atom. The van der Waals surface area contributed by atoms with Crippen molar-refractivity contribution in [3.05, 3.63) is 0 Å². The highest BCUT2D eigenvalue weighted by Crippen LogP contribution is 2.46. The lowest BCUT2D eigenvalue weighted by atomic mass is 11.2. The fraction of sp³-hybridized carbons (Fsp3) is 0.750. The molecule has 4 nitrogen and oxygen atoms in total. The zero-order valence-corrected chi connectivity index (χ0v) is 7.79. The van der Waals surface area contributed by atoms with Crippen LogP contribution in [0.25, 0.3) is 0 Å². The van der Waals surface area contributed by atoms with Gasteiger partial charge in [-0.25, -0.2) is 0 Å². The van der Waals surface area contributed by atoms with Crippen LogP contribution in [0.1, 0.15) is 0 Å². The topological polar surface area (TPSA) is 47.6 Å². The summed E-state index contributed by atoms with van der Waals surface area (Å²) < 4.78 is 9.46. The predicted octanol–water partition coefficient (Wildman–Crippen LogP) is 0.928. The van der Waals surface area contributed by atoms with Crippen molar-refractivity contribution in [1.82, 2.24) is 5.32 Å². The van der Waals surface area contributed by atoms with Gasteiger partial charge in [-0.2, -0.15) is 0 Å². The summed E-state index contributed by atoms with van der Waals surface area (Å²) in [6.07, 6.45) is 0. The molecule has 0 aromatic heterocycles. The average molecular weight is 183 g/mol. The molecular weight excluding hydrogens is 173 g/mol. The highest BCUT2D eigenvalue weighted by molar-refractivity contribution is 8.17. The van der Waals surface area contributed by atoms with Crippen LogP contribution < -0.4 is 5.32 Å². The van der Waals surface area contributed by atoms with Gasteiger partial charge in [0.1, 0.15) is 0 Å². The molecular formula is C4H10NO3PS. The van der Waals surface area contributed by atoms with Crippen LogP contribution in [0.3, 0.4) is 0 Å². The number of nitrogens with one attached hydrogen (secondary N) is 1. The average Bonchev–Trinajstić information content (AvgIpc) is 2.01. The van der Waals surface area contributed by atoms with Crippen LogP contribution in [0.15, 0.2) is 0 Å². The first kappa shape index (κ1) is 10.0. The third-order valence-electron chi connectivity index (χ3n) is 0.943. The standard InChI is InChI=1S/C4H10NO3PS/c1-5-4(6)9(10,7-2)8-3/h1-3H3,(H,5,6). The molecule has 0 saturated carbocycles. The Labute approximate surface area is 65.1 Å². The van der Waals surface area contributed by atoms with Crippen molar-refractivity contribution in [2.24, 2.45) is 0 Å². The van der Waals surface area contributed by atoms with Crippen LogP contribution in [0, 0.1) is 0 Å². The van der Waals surface area contributed by atoms with Gasteiger partial charge in [-0.15, -0.1) is 0 Å². The SMILES string of the molecule is CNC(=O)P(=S)(OC)OC. The molecule has 0 radical (unpaired) electrons. The maximum absolute atomic E-state index is 10.9. The van der Waals surface area contributed by atoms with Crippen molar-refractivity contribution in [2.45, 2.75) is 0 Å². The van der Waals surface area contributed by atoms with E-state index >= 15 is 0 Å². The number of carbonyl (C=O) groups is 1. The lowest BCUT2D eigenvalue weighted by Gasteiger charge is -2.14. The first-order chi connectivity index (χ1) is 4.60. The van der Waals surface area contributed by atoms with Crippen LogP contribution in [0.2, 0.25) is 0 Å². The van der Waals surface area contributed by atoms with Crippen molar-refractivity contribution in [1.29, 1.82) is 0 Å². The molecule has 1 amide bonds. The molecule has 0 bridgehead atoms. The van der Waals surface area contributed by atoms with Crippen molar-refractivity contribution in [3.8, 4) is 0 Å². The van der Waals surface area contributed by atoms with Gasteiger partial charge in [0.15, 0.2) is 0 Å². The molecule has 0 heterocycles. The zero-order chi connectivity index (χ0) is 8.20. The molecule has 0 unspecified atom stereocenters. The summed E-state index contributed by atoms with van der Waals surface area (Å²) in [4.78, 5) is 10.9. The van der Waals surface area contributed by atoms with E-state index in [1.807, 2.05) is 0 Å². The molecule has 0 spiro atoms. The second kappa shape index (κ2) is 4.03. The fourth-order valence-corrected chi connectivity index (χ4v) is 1.41. The number of rotatable bonds is 3. The van der Waals surface area contributed by atoms with E-state index in [4.69, 9.17) is 20.9 Å². The second-order valence-corrected chi connectivity index (χ2v) is 4.99. The van der Waals surface area contributed by atoms with E-state index in [9.17, 15) is 4.79 Å². The maximum Gasteiger partial charge on any atom is 0.304 e. The van der Waals surface area contributed by atoms with E-state index in [0.29, 0.717) is 0 Å². The first-order valence-electron chi connectivity index (χ1n) is 2.54. The Hall–Kier alpha value is 0.0400. The lowest BCUT2D eigenvalue weighted by Crippen LogP contribution is -2.17. The molecule has 0 atom stereocenters. The van der Waals surface area contributed by atoms with E-state index in [1.165, 1.54) is 21.3 Å². The van der Waals surface area contributed by atoms with Crippen molar-refractivity contribution in [2.75, 3.05) is 21.3 Å². The summed E-state index contributed by atoms with van der Waals surface area (Å²) in [6, 6.07) is 0. The summed E-state index contributed by atoms with van der Waals surface area (Å²) in [5, 5.41) is 2.36. The predicted molar refractivity (Wildman–Crippen MR) is 42.8 cm³/mol. The van der Waals surface area contributed by atoms with Gasteiger partial charge < -0.3 is 14.4 Å². The molecule has 10 heavy (non-hydrogen) atoms. The number of carbonyl (C=O) groups excluding carboxylic acids is 1. The normalized spacial score (nSPS) is 11.1. The molecule has 0 aliphatic rings. The van der Waals surface area contributed by atoms with E-state index in [-0.39, 0.29) is 5.65 Å². The zero-order valence-electron chi connectivity index (χ0n) is 6.08. The van der Waals surface area contributed by atoms with Gasteiger partial charge >= 0.3 is 5.65 Å². The monoisotopic (exact) mass is 183 g/mol. The number of amides is 1. The fourth-order valence-electron chi connectivity index (χ4n) is 0.377. The minimum absolute atomic E-state index is 0.368. The van der Waals surface area contributed by atoms with Crippen molar-refractivity contribution < 1.29 is 13.8 Å². The van der Waals surface area contributed by atoms with Crippen molar-refractivity contribution >= 4 is 23.9 Å². The van der Waals surface area contributed by atoms with Gasteiger partial charge in [0, 0.05) is 21.3 Å². The van der Waals surface area contributed by atoms with Gasteiger partial charge in [-0.05, 0) is 11.8 Å². The molecule has 60 valence electrons. The molecule has 0 aliphatic heterocycles. The molecule has 0 saturated heterocycles. The lowest BCUT2D eigenvalue weighted by molar-refractivity contribution is 0.250. The Morgan fingerprint density at radius 1 is 1.50 bits per heavy atom. The summed E-state index contributed by atoms with van der Waals surface area (Å²) in [5.41, 5.74) is -0.368. The van der Waals surface area contributed by atoms with Crippen molar-refractivity contribution in [3.63, 3.8) is 0 Å². The van der Waals surface area contributed by atoms with Crippen LogP contribution in [-0.4, -0.2) is 26.9 Å². The minimum Gasteiger partial charge on any atom is -0.351 e. The molecule has 0 rings (SSSR count). The smallest absolute Gasteiger partial charge is 0.304 e. The maximum atomic E-state index is 10.9. The van der Waals surface area contributed by atoms with E-state index in [1.54, 1.807) is 0 Å². The summed E-state index contributed by atoms with van der Waals surface area (Å²) in [5.74, 6) is 0. The molecule has 6 heteroatoms. The Bertz CT molecular complexity index is 164. The molecule has 0 fully saturated rings. The summed E-state index contributed by atoms with van der Waals surface area (Å²) >= 11 is 4.78. The van der Waals surface area contributed by atoms with Crippen LogP contribution in [-0.2, 0) is 20.9 Å². The molecule has 0 aromatic rings. The third kappa shape index (κ3) is 2.02. The highest BCUT2D eigenvalue weighted by Gasteiger charge is 2.24. The van der Waals surface area contributed by atoms with Gasteiger partial charge in [-0.3, -0.25) is 4.79 Å². The van der Waals surface area contributed by atoms with Gasteiger partial charge in [0.05, 0.1) is 0 Å². The summed E-state index contributed by atoms with van der Waals surface area (Å²) in [7, 11) is 4.21. The number of hydrogen-bond donors (Lipinski definition) is 1. The van der Waals surface area contributed by atoms with E-state index < -0.39 is 6.49 Å². The molecule has 0 aliphatic carbocycles. The first-order valence-corrected chi connectivity index (χ1v) is 5.18. The molecule has 0 aromatic carbocycles. The Kier molecular flexibility index (Phi) is 4.05. The second-order valence-electron chi connectivity index (χ2n) is 1.42. The Balaban J connectivity index is 4.34. The van der Waals surface area contributed by atoms with E-state index in [2.05, 4.69) is 5.32 Å². The van der Waals surface area contributed by atoms with Crippen LogP contribution in [0.5, 0.6) is 0 Å². The quantitative estimate of drug-likeness (QED) is 0.661. The highest BCUT2D eigenvalue weighted by atomic mass is 32.5. The van der Waals surface area contributed by atoms with E-state index in [0.717, 1.165) is 0 Å². The largest absolute Gasteiger partial charge is 0.351 e. The number of hydrogen-bond acceptors (Lipinski definition) is 4. The van der Waals surface area contributed by atoms with Crippen LogP contribution >= 0.6 is 6.49 Å². The minimum atomic E-state index is -2.69. The molecule has 1 N–H and O–H groups in total. The Morgan fingerprint density at radius 3 is 2.00 bits per heavy atom. The van der Waals surface area contributed by atoms with Gasteiger partial charge in [0.2, 0.25) is 0 Å². The third-order valence-corrected chi connectivity index (χ3v) is 4.02. The van der Waals surface area contributed by atoms with Gasteiger partial charge in [0.25, 0.3) is 6.49 Å².